The molecule has 0 aliphatic rings. The number of rotatable bonds is 6. The first kappa shape index (κ1) is 21.5. The Morgan fingerprint density at radius 3 is 2.69 bits per heavy atom. The molecule has 4 rings (SSSR count). The number of furan rings is 1. The van der Waals surface area contributed by atoms with Crippen LogP contribution < -0.4 is 10.6 Å². The summed E-state index contributed by atoms with van der Waals surface area (Å²) in [6.45, 7) is 4.79. The van der Waals surface area contributed by atoms with Gasteiger partial charge in [-0.05, 0) is 71.7 Å². The molecule has 0 atom stereocenters. The van der Waals surface area contributed by atoms with Crippen molar-refractivity contribution in [3.63, 3.8) is 0 Å². The van der Waals surface area contributed by atoms with E-state index < -0.39 is 0 Å². The van der Waals surface area contributed by atoms with Crippen LogP contribution in [0.3, 0.4) is 0 Å². The highest BCUT2D eigenvalue weighted by molar-refractivity contribution is 7.80. The van der Waals surface area contributed by atoms with Crippen molar-refractivity contribution in [2.75, 3.05) is 0 Å². The first-order valence-corrected chi connectivity index (χ1v) is 10.7. The molecule has 0 unspecified atom stereocenters. The molecule has 2 N–H and O–H groups in total. The van der Waals surface area contributed by atoms with Crippen molar-refractivity contribution in [1.29, 1.82) is 0 Å². The summed E-state index contributed by atoms with van der Waals surface area (Å²) < 4.78 is 11.1. The first-order chi connectivity index (χ1) is 15.5. The van der Waals surface area contributed by atoms with Gasteiger partial charge in [0.05, 0.1) is 6.26 Å². The fraction of sp³-hybridized carbons (Fsp3) is 0.160. The number of thiocarbonyl (C=S) groups is 1. The summed E-state index contributed by atoms with van der Waals surface area (Å²) in [5.41, 5.74) is 4.78. The number of hydrogen-bond donors (Lipinski definition) is 2. The molecule has 0 fully saturated rings. The Balaban J connectivity index is 1.33. The minimum atomic E-state index is -0.328. The largest absolute Gasteiger partial charge is 0.465 e. The van der Waals surface area contributed by atoms with Gasteiger partial charge in [-0.1, -0.05) is 32.0 Å². The van der Waals surface area contributed by atoms with Gasteiger partial charge in [-0.15, -0.1) is 0 Å². The van der Waals surface area contributed by atoms with Gasteiger partial charge in [-0.25, -0.2) is 4.98 Å². The minimum Gasteiger partial charge on any atom is -0.465 e. The molecular formula is C25H23N3O3S. The monoisotopic (exact) mass is 445 g/mol. The lowest BCUT2D eigenvalue weighted by atomic mass is 10.0. The zero-order valence-electron chi connectivity index (χ0n) is 17.8. The molecule has 2 aromatic heterocycles. The highest BCUT2D eigenvalue weighted by Crippen LogP contribution is 2.27. The zero-order valence-corrected chi connectivity index (χ0v) is 18.6. The van der Waals surface area contributed by atoms with E-state index in [2.05, 4.69) is 41.6 Å². The molecule has 2 heterocycles. The third kappa shape index (κ3) is 5.31. The summed E-state index contributed by atoms with van der Waals surface area (Å²) in [6, 6.07) is 17.5. The normalized spacial score (nSPS) is 11.3. The van der Waals surface area contributed by atoms with Gasteiger partial charge in [0.15, 0.2) is 10.7 Å². The van der Waals surface area contributed by atoms with Crippen molar-refractivity contribution in [1.82, 2.24) is 15.6 Å². The molecule has 0 saturated carbocycles. The topological polar surface area (TPSA) is 80.3 Å². The molecule has 0 bridgehead atoms. The lowest BCUT2D eigenvalue weighted by Gasteiger charge is -2.08. The zero-order chi connectivity index (χ0) is 22.5. The Hall–Kier alpha value is -3.71. The number of carbonyl (C=O) groups excluding carboxylic acids is 1. The van der Waals surface area contributed by atoms with Crippen LogP contribution >= 0.6 is 12.2 Å². The van der Waals surface area contributed by atoms with Crippen LogP contribution in [0.2, 0.25) is 0 Å². The van der Waals surface area contributed by atoms with Crippen LogP contribution in [0, 0.1) is 0 Å². The van der Waals surface area contributed by atoms with Crippen molar-refractivity contribution in [2.24, 2.45) is 0 Å². The molecule has 162 valence electrons. The van der Waals surface area contributed by atoms with Gasteiger partial charge in [0.2, 0.25) is 11.8 Å². The van der Waals surface area contributed by atoms with E-state index >= 15 is 0 Å². The predicted molar refractivity (Wildman–Crippen MR) is 129 cm³/mol. The van der Waals surface area contributed by atoms with Gasteiger partial charge in [-0.3, -0.25) is 10.1 Å². The Morgan fingerprint density at radius 2 is 1.97 bits per heavy atom. The van der Waals surface area contributed by atoms with Gasteiger partial charge in [0.1, 0.15) is 11.3 Å². The Kier molecular flexibility index (Phi) is 6.47. The average molecular weight is 446 g/mol. The molecule has 1 amide bonds. The molecule has 7 heteroatoms. The molecule has 32 heavy (non-hydrogen) atoms. The molecule has 0 radical (unpaired) electrons. The third-order valence-electron chi connectivity index (χ3n) is 4.91. The number of hydrogen-bond acceptors (Lipinski definition) is 5. The summed E-state index contributed by atoms with van der Waals surface area (Å²) in [5, 5.41) is 5.88. The van der Waals surface area contributed by atoms with Crippen LogP contribution in [0.4, 0.5) is 0 Å². The van der Waals surface area contributed by atoms with Crippen molar-refractivity contribution >= 4 is 40.4 Å². The number of nitrogens with one attached hydrogen (secondary N) is 2. The van der Waals surface area contributed by atoms with Crippen molar-refractivity contribution < 1.29 is 13.6 Å². The van der Waals surface area contributed by atoms with E-state index in [4.69, 9.17) is 21.1 Å². The highest BCUT2D eigenvalue weighted by atomic mass is 32.1. The van der Waals surface area contributed by atoms with E-state index in [1.165, 1.54) is 11.6 Å². The SMILES string of the molecule is CC(C)c1ccc2oc(-c3ccc(CNC(=S)NC(=O)/C=C/c4ccco4)cc3)nc2c1. The molecule has 6 nitrogen and oxygen atoms in total. The second-order valence-electron chi connectivity index (χ2n) is 7.62. The van der Waals surface area contributed by atoms with Crippen LogP contribution in [-0.2, 0) is 11.3 Å². The molecular weight excluding hydrogens is 422 g/mol. The number of fused-ring (bicyclic) bond motifs is 1. The van der Waals surface area contributed by atoms with Crippen molar-refractivity contribution in [2.45, 2.75) is 26.3 Å². The summed E-state index contributed by atoms with van der Waals surface area (Å²) in [5.74, 6) is 1.30. The summed E-state index contributed by atoms with van der Waals surface area (Å²) >= 11 is 5.19. The van der Waals surface area contributed by atoms with Crippen LogP contribution in [0.25, 0.3) is 28.6 Å². The third-order valence-corrected chi connectivity index (χ3v) is 5.16. The number of carbonyl (C=O) groups is 1. The fourth-order valence-corrected chi connectivity index (χ4v) is 3.29. The maximum absolute atomic E-state index is 11.9. The average Bonchev–Trinajstić information content (AvgIpc) is 3.46. The van der Waals surface area contributed by atoms with Gasteiger partial charge < -0.3 is 14.2 Å². The van der Waals surface area contributed by atoms with Crippen LogP contribution in [0.1, 0.15) is 36.7 Å². The van der Waals surface area contributed by atoms with Crippen LogP contribution in [-0.4, -0.2) is 16.0 Å². The maximum atomic E-state index is 11.9. The number of aromatic nitrogens is 1. The number of amides is 1. The summed E-state index contributed by atoms with van der Waals surface area (Å²) in [6.07, 6.45) is 4.49. The molecule has 0 spiro atoms. The van der Waals surface area contributed by atoms with Gasteiger partial charge in [0, 0.05) is 18.2 Å². The van der Waals surface area contributed by atoms with Gasteiger partial charge in [0.25, 0.3) is 0 Å². The number of oxazole rings is 1. The van der Waals surface area contributed by atoms with Gasteiger partial charge in [-0.2, -0.15) is 0 Å². The van der Waals surface area contributed by atoms with Crippen LogP contribution in [0.15, 0.2) is 75.8 Å². The van der Waals surface area contributed by atoms with E-state index in [0.29, 0.717) is 24.1 Å². The van der Waals surface area contributed by atoms with Crippen molar-refractivity contribution in [3.05, 3.63) is 83.8 Å². The molecule has 2 aromatic carbocycles. The number of benzene rings is 2. The molecule has 0 aliphatic heterocycles. The Labute approximate surface area is 191 Å². The standard InChI is InChI=1S/C25H23N3O3S/c1-16(2)19-9-11-22-21(14-19)27-24(31-22)18-7-5-17(6-8-18)15-26-25(32)28-23(29)12-10-20-4-3-13-30-20/h3-14,16H,15H2,1-2H3,(H2,26,28,29,32)/b12-10+. The lowest BCUT2D eigenvalue weighted by Crippen LogP contribution is -2.37. The molecule has 0 saturated heterocycles. The first-order valence-electron chi connectivity index (χ1n) is 10.3. The Morgan fingerprint density at radius 1 is 1.16 bits per heavy atom. The lowest BCUT2D eigenvalue weighted by molar-refractivity contribution is -0.115. The molecule has 0 aliphatic carbocycles. The van der Waals surface area contributed by atoms with Crippen LogP contribution in [0.5, 0.6) is 0 Å². The second-order valence-corrected chi connectivity index (χ2v) is 8.03. The maximum Gasteiger partial charge on any atom is 0.250 e. The summed E-state index contributed by atoms with van der Waals surface area (Å²) in [7, 11) is 0. The second kappa shape index (κ2) is 9.62. The Bertz CT molecular complexity index is 1260. The highest BCUT2D eigenvalue weighted by Gasteiger charge is 2.10. The smallest absolute Gasteiger partial charge is 0.250 e. The van der Waals surface area contributed by atoms with Crippen molar-refractivity contribution in [3.8, 4) is 11.5 Å². The van der Waals surface area contributed by atoms with E-state index in [0.717, 1.165) is 22.2 Å². The fourth-order valence-electron chi connectivity index (χ4n) is 3.12. The van der Waals surface area contributed by atoms with Gasteiger partial charge >= 0.3 is 0 Å². The quantitative estimate of drug-likeness (QED) is 0.305. The summed E-state index contributed by atoms with van der Waals surface area (Å²) in [4.78, 5) is 16.5. The van der Waals surface area contributed by atoms with E-state index in [1.54, 1.807) is 24.5 Å². The molecule has 4 aromatic rings. The minimum absolute atomic E-state index is 0.253. The van der Waals surface area contributed by atoms with E-state index in [9.17, 15) is 4.79 Å². The van der Waals surface area contributed by atoms with E-state index in [1.807, 2.05) is 30.3 Å². The van der Waals surface area contributed by atoms with E-state index in [-0.39, 0.29) is 11.0 Å². The number of nitrogens with zero attached hydrogens (tertiary/aromatic N) is 1. The predicted octanol–water partition coefficient (Wildman–Crippen LogP) is 5.42.